The Bertz CT molecular complexity index is 1780. The molecule has 5 aromatic heterocycles. The van der Waals surface area contributed by atoms with Gasteiger partial charge in [0, 0.05) is 47.2 Å². The highest BCUT2D eigenvalue weighted by Gasteiger charge is 2.17. The normalized spacial score (nSPS) is 14.1. The van der Waals surface area contributed by atoms with Gasteiger partial charge in [0.25, 0.3) is 0 Å². The maximum absolute atomic E-state index is 13.9. The molecule has 5 heterocycles. The smallest absolute Gasteiger partial charge is 0.135 e. The monoisotopic (exact) mass is 517 g/mol. The van der Waals surface area contributed by atoms with Crippen LogP contribution in [0.3, 0.4) is 0 Å². The lowest BCUT2D eigenvalue weighted by molar-refractivity contribution is 0.489. The number of benzene rings is 1. The van der Waals surface area contributed by atoms with Crippen LogP contribution < -0.4 is 5.32 Å². The molecule has 1 aliphatic carbocycles. The van der Waals surface area contributed by atoms with E-state index >= 15 is 0 Å². The van der Waals surface area contributed by atoms with E-state index in [1.54, 1.807) is 12.3 Å². The summed E-state index contributed by atoms with van der Waals surface area (Å²) in [7, 11) is 0. The van der Waals surface area contributed by atoms with E-state index in [4.69, 9.17) is 4.98 Å². The minimum atomic E-state index is -0.291. The lowest BCUT2D eigenvalue weighted by atomic mass is 10.1. The summed E-state index contributed by atoms with van der Waals surface area (Å²) in [6.07, 6.45) is 10.9. The third kappa shape index (κ3) is 4.68. The van der Waals surface area contributed by atoms with E-state index < -0.39 is 0 Å². The molecule has 1 aromatic carbocycles. The number of aromatic nitrogens is 6. The number of pyridine rings is 3. The van der Waals surface area contributed by atoms with Crippen LogP contribution in [-0.4, -0.2) is 36.7 Å². The molecule has 39 heavy (non-hydrogen) atoms. The number of rotatable bonds is 7. The van der Waals surface area contributed by atoms with Crippen molar-refractivity contribution in [1.82, 2.24) is 35.5 Å². The van der Waals surface area contributed by atoms with Crippen molar-refractivity contribution in [3.8, 4) is 33.9 Å². The zero-order valence-electron chi connectivity index (χ0n) is 21.4. The van der Waals surface area contributed by atoms with Crippen LogP contribution in [0.1, 0.15) is 31.2 Å². The van der Waals surface area contributed by atoms with Crippen molar-refractivity contribution >= 4 is 21.9 Å². The Kier molecular flexibility index (Phi) is 6.09. The molecule has 1 saturated carbocycles. The first-order chi connectivity index (χ1) is 19.2. The molecule has 194 valence electrons. The number of nitrogens with zero attached hydrogens (tertiary/aromatic N) is 4. The predicted molar refractivity (Wildman–Crippen MR) is 151 cm³/mol. The van der Waals surface area contributed by atoms with Gasteiger partial charge in [-0.1, -0.05) is 25.0 Å². The molecule has 3 N–H and O–H groups in total. The fourth-order valence-corrected chi connectivity index (χ4v) is 5.65. The summed E-state index contributed by atoms with van der Waals surface area (Å²) in [6, 6.07) is 16.6. The molecule has 0 atom stereocenters. The summed E-state index contributed by atoms with van der Waals surface area (Å²) < 4.78 is 13.9. The molecule has 0 aliphatic heterocycles. The van der Waals surface area contributed by atoms with E-state index in [1.165, 1.54) is 37.8 Å². The van der Waals surface area contributed by atoms with Crippen molar-refractivity contribution in [2.75, 3.05) is 6.54 Å². The second-order valence-corrected chi connectivity index (χ2v) is 10.3. The predicted octanol–water partition coefficient (Wildman–Crippen LogP) is 6.65. The number of hydrogen-bond donors (Lipinski definition) is 3. The Hall–Kier alpha value is -4.43. The molecule has 0 spiro atoms. The Labute approximate surface area is 224 Å². The van der Waals surface area contributed by atoms with Crippen LogP contribution in [0, 0.1) is 11.7 Å². The van der Waals surface area contributed by atoms with Crippen LogP contribution in [0.4, 0.5) is 4.39 Å². The zero-order valence-corrected chi connectivity index (χ0v) is 21.4. The largest absolute Gasteiger partial charge is 0.353 e. The fraction of sp³-hybridized carbons (Fsp3) is 0.226. The van der Waals surface area contributed by atoms with E-state index in [9.17, 15) is 4.39 Å². The Morgan fingerprint density at radius 2 is 1.85 bits per heavy atom. The van der Waals surface area contributed by atoms with E-state index in [0.29, 0.717) is 5.69 Å². The van der Waals surface area contributed by atoms with Crippen molar-refractivity contribution in [2.45, 2.75) is 32.2 Å². The third-order valence-electron chi connectivity index (χ3n) is 7.64. The van der Waals surface area contributed by atoms with Gasteiger partial charge >= 0.3 is 0 Å². The van der Waals surface area contributed by atoms with Crippen LogP contribution in [0.5, 0.6) is 0 Å². The first-order valence-corrected chi connectivity index (χ1v) is 13.5. The highest BCUT2D eigenvalue weighted by atomic mass is 19.1. The van der Waals surface area contributed by atoms with Gasteiger partial charge in [-0.25, -0.2) is 9.37 Å². The molecule has 6 aromatic rings. The number of hydrogen-bond acceptors (Lipinski definition) is 5. The minimum Gasteiger partial charge on any atom is -0.353 e. The molecule has 1 fully saturated rings. The van der Waals surface area contributed by atoms with E-state index in [1.807, 2.05) is 42.7 Å². The summed E-state index contributed by atoms with van der Waals surface area (Å²) >= 11 is 0. The molecular formula is C31H28FN7. The second kappa shape index (κ2) is 10.0. The number of aromatic amines is 2. The van der Waals surface area contributed by atoms with Crippen LogP contribution in [0.2, 0.25) is 0 Å². The molecule has 0 unspecified atom stereocenters. The van der Waals surface area contributed by atoms with E-state index in [0.717, 1.165) is 74.7 Å². The lowest BCUT2D eigenvalue weighted by Crippen LogP contribution is -2.20. The Morgan fingerprint density at radius 3 is 2.74 bits per heavy atom. The number of fused-ring (bicyclic) bond motifs is 2. The summed E-state index contributed by atoms with van der Waals surface area (Å²) in [5.74, 6) is 0.510. The maximum Gasteiger partial charge on any atom is 0.135 e. The van der Waals surface area contributed by atoms with Crippen LogP contribution >= 0.6 is 0 Å². The maximum atomic E-state index is 13.9. The van der Waals surface area contributed by atoms with Gasteiger partial charge < -0.3 is 10.3 Å². The number of nitrogens with one attached hydrogen (secondary N) is 3. The second-order valence-electron chi connectivity index (χ2n) is 10.3. The highest BCUT2D eigenvalue weighted by Crippen LogP contribution is 2.33. The van der Waals surface area contributed by atoms with Crippen molar-refractivity contribution in [3.05, 3.63) is 84.6 Å². The molecular weight excluding hydrogens is 489 g/mol. The highest BCUT2D eigenvalue weighted by molar-refractivity contribution is 5.99. The lowest BCUT2D eigenvalue weighted by Gasteiger charge is -2.11. The molecule has 8 heteroatoms. The van der Waals surface area contributed by atoms with Gasteiger partial charge in [0.05, 0.1) is 22.6 Å². The van der Waals surface area contributed by atoms with Gasteiger partial charge in [-0.15, -0.1) is 0 Å². The van der Waals surface area contributed by atoms with Crippen LogP contribution in [0.15, 0.2) is 73.2 Å². The number of H-pyrrole nitrogens is 2. The minimum absolute atomic E-state index is 0.291. The molecule has 7 nitrogen and oxygen atoms in total. The molecule has 0 radical (unpaired) electrons. The Morgan fingerprint density at radius 1 is 0.923 bits per heavy atom. The van der Waals surface area contributed by atoms with Crippen molar-refractivity contribution in [3.63, 3.8) is 0 Å². The first-order valence-electron chi connectivity index (χ1n) is 13.5. The van der Waals surface area contributed by atoms with E-state index in [-0.39, 0.29) is 5.82 Å². The summed E-state index contributed by atoms with van der Waals surface area (Å²) in [4.78, 5) is 17.5. The van der Waals surface area contributed by atoms with Gasteiger partial charge in [-0.3, -0.25) is 15.1 Å². The van der Waals surface area contributed by atoms with Gasteiger partial charge in [0.1, 0.15) is 17.0 Å². The summed E-state index contributed by atoms with van der Waals surface area (Å²) in [6.45, 7) is 1.86. The van der Waals surface area contributed by atoms with E-state index in [2.05, 4.69) is 36.5 Å². The third-order valence-corrected chi connectivity index (χ3v) is 7.64. The van der Waals surface area contributed by atoms with Crippen molar-refractivity contribution in [2.24, 2.45) is 5.92 Å². The molecule has 0 amide bonds. The molecule has 0 bridgehead atoms. The zero-order chi connectivity index (χ0) is 26.2. The van der Waals surface area contributed by atoms with Crippen molar-refractivity contribution in [1.29, 1.82) is 0 Å². The van der Waals surface area contributed by atoms with Crippen molar-refractivity contribution < 1.29 is 4.39 Å². The standard InChI is InChI=1S/C31H28FN7/c32-23-7-3-6-21(13-23)29-24-14-28(36-26(24)10-11-35-29)31-30-27(38-39-31)9-8-25(37-30)22-12-20(17-34-18-22)16-33-15-19-4-1-2-5-19/h3,6-14,17-19,33,36H,1-2,4-5,15-16H2,(H,38,39). The van der Waals surface area contributed by atoms with Gasteiger partial charge in [-0.2, -0.15) is 5.10 Å². The molecule has 0 saturated heterocycles. The average Bonchev–Trinajstić information content (AvgIpc) is 3.72. The molecule has 7 rings (SSSR count). The number of halogens is 1. The quantitative estimate of drug-likeness (QED) is 0.220. The average molecular weight is 518 g/mol. The SMILES string of the molecule is Fc1cccc(-c2nccc3[nH]c(-c4n[nH]c5ccc(-c6cncc(CNCC7CCCC7)c6)nc45)cc23)c1. The van der Waals surface area contributed by atoms with Gasteiger partial charge in [-0.05, 0) is 73.3 Å². The van der Waals surface area contributed by atoms with Crippen LogP contribution in [-0.2, 0) is 6.54 Å². The van der Waals surface area contributed by atoms with Crippen LogP contribution in [0.25, 0.3) is 55.8 Å². The fourth-order valence-electron chi connectivity index (χ4n) is 5.65. The summed E-state index contributed by atoms with van der Waals surface area (Å²) in [5.41, 5.74) is 8.44. The Balaban J connectivity index is 1.20. The first kappa shape index (κ1) is 23.7. The van der Waals surface area contributed by atoms with Gasteiger partial charge in [0.15, 0.2) is 0 Å². The summed E-state index contributed by atoms with van der Waals surface area (Å²) in [5, 5.41) is 12.2. The van der Waals surface area contributed by atoms with Gasteiger partial charge in [0.2, 0.25) is 0 Å². The molecule has 1 aliphatic rings. The topological polar surface area (TPSA) is 95.2 Å².